The highest BCUT2D eigenvalue weighted by atomic mass is 16.5. The number of nitrogens with zero attached hydrogens (tertiary/aromatic N) is 5. The van der Waals surface area contributed by atoms with E-state index in [2.05, 4.69) is 15.3 Å². The Morgan fingerprint density at radius 1 is 1.09 bits per heavy atom. The van der Waals surface area contributed by atoms with Gasteiger partial charge < -0.3 is 30.8 Å². The maximum Gasteiger partial charge on any atom is 0.324 e. The highest BCUT2D eigenvalue weighted by molar-refractivity contribution is 6.07. The number of pyridine rings is 1. The number of aryl methyl sites for hydroxylation is 1. The van der Waals surface area contributed by atoms with Gasteiger partial charge in [-0.05, 0) is 60.5 Å². The third-order valence-corrected chi connectivity index (χ3v) is 7.76. The van der Waals surface area contributed by atoms with E-state index in [0.717, 1.165) is 23.4 Å². The third-order valence-electron chi connectivity index (χ3n) is 7.76. The van der Waals surface area contributed by atoms with E-state index >= 15 is 0 Å². The van der Waals surface area contributed by atoms with Crippen molar-refractivity contribution >= 4 is 46.2 Å². The first-order chi connectivity index (χ1) is 22.1. The van der Waals surface area contributed by atoms with Gasteiger partial charge in [-0.15, -0.1) is 0 Å². The molecule has 0 saturated heterocycles. The molecule has 0 radical (unpaired) electrons. The molecule has 2 atom stereocenters. The molecule has 2 unspecified atom stereocenters. The molecule has 2 aromatic heterocycles. The van der Waals surface area contributed by atoms with Crippen LogP contribution >= 0.6 is 0 Å². The SMILES string of the molecule is CCC(C)C(N)C(=O)OC/N=C(\N)c1ccc(NCc2nc3cc(C(=O)N(CCC(=O)OC)c4ccccn4)ccc3n2C)cc1. The number of ether oxygens (including phenoxy) is 2. The second-order valence-electron chi connectivity index (χ2n) is 10.7. The minimum absolute atomic E-state index is 0.0127. The first-order valence-electron chi connectivity index (χ1n) is 14.9. The monoisotopic (exact) mass is 628 g/mol. The molecule has 13 nitrogen and oxygen atoms in total. The molecule has 4 aromatic rings. The average molecular weight is 629 g/mol. The van der Waals surface area contributed by atoms with Crippen molar-refractivity contribution in [3.8, 4) is 0 Å². The van der Waals surface area contributed by atoms with Crippen LogP contribution in [0.25, 0.3) is 11.0 Å². The van der Waals surface area contributed by atoms with E-state index in [4.69, 9.17) is 25.9 Å². The van der Waals surface area contributed by atoms with Crippen molar-refractivity contribution < 1.29 is 23.9 Å². The Kier molecular flexibility index (Phi) is 11.4. The van der Waals surface area contributed by atoms with Crippen LogP contribution in [0.1, 0.15) is 48.4 Å². The molecule has 1 amide bonds. The normalized spacial score (nSPS) is 12.8. The number of esters is 2. The number of methoxy groups -OCH3 is 1. The number of carbonyl (C=O) groups excluding carboxylic acids is 3. The van der Waals surface area contributed by atoms with Crippen molar-refractivity contribution in [3.05, 3.63) is 83.8 Å². The van der Waals surface area contributed by atoms with Gasteiger partial charge in [0.15, 0.2) is 6.73 Å². The number of aromatic nitrogens is 3. The zero-order valence-corrected chi connectivity index (χ0v) is 26.5. The summed E-state index contributed by atoms with van der Waals surface area (Å²) in [6.07, 6.45) is 2.40. The number of amides is 1. The number of aliphatic imine (C=N–C) groups is 1. The van der Waals surface area contributed by atoms with Crippen LogP contribution in [0.3, 0.4) is 0 Å². The van der Waals surface area contributed by atoms with Crippen molar-refractivity contribution in [2.45, 2.75) is 39.3 Å². The molecule has 0 bridgehead atoms. The molecule has 0 aliphatic carbocycles. The van der Waals surface area contributed by atoms with E-state index in [1.165, 1.54) is 12.0 Å². The number of nitrogens with one attached hydrogen (secondary N) is 1. The Labute approximate surface area is 267 Å². The molecular formula is C33H40N8O5. The van der Waals surface area contributed by atoms with Crippen molar-refractivity contribution in [2.75, 3.05) is 30.6 Å². The van der Waals surface area contributed by atoms with Crippen LogP contribution in [0.4, 0.5) is 11.5 Å². The fraction of sp³-hybridized carbons (Fsp3) is 0.333. The molecular weight excluding hydrogens is 588 g/mol. The summed E-state index contributed by atoms with van der Waals surface area (Å²) < 4.78 is 11.9. The van der Waals surface area contributed by atoms with E-state index < -0.39 is 18.0 Å². The van der Waals surface area contributed by atoms with Gasteiger partial charge in [0.05, 0.1) is 31.1 Å². The highest BCUT2D eigenvalue weighted by Gasteiger charge is 2.22. The topological polar surface area (TPSA) is 180 Å². The second kappa shape index (κ2) is 15.6. The summed E-state index contributed by atoms with van der Waals surface area (Å²) in [5, 5.41) is 3.35. The lowest BCUT2D eigenvalue weighted by atomic mass is 10.0. The molecule has 5 N–H and O–H groups in total. The van der Waals surface area contributed by atoms with Gasteiger partial charge in [-0.3, -0.25) is 19.3 Å². The van der Waals surface area contributed by atoms with Crippen LogP contribution < -0.4 is 21.7 Å². The van der Waals surface area contributed by atoms with Crippen molar-refractivity contribution in [1.82, 2.24) is 14.5 Å². The fourth-order valence-corrected chi connectivity index (χ4v) is 4.61. The number of benzene rings is 2. The molecule has 242 valence electrons. The molecule has 2 heterocycles. The van der Waals surface area contributed by atoms with Crippen LogP contribution in [-0.4, -0.2) is 64.6 Å². The van der Waals surface area contributed by atoms with Gasteiger partial charge in [0.2, 0.25) is 0 Å². The zero-order chi connectivity index (χ0) is 33.2. The lowest BCUT2D eigenvalue weighted by Crippen LogP contribution is -2.38. The van der Waals surface area contributed by atoms with Crippen LogP contribution in [0, 0.1) is 5.92 Å². The third kappa shape index (κ3) is 8.24. The Hall–Kier alpha value is -5.30. The number of hydrogen-bond donors (Lipinski definition) is 3. The largest absolute Gasteiger partial charge is 0.469 e. The molecule has 13 heteroatoms. The van der Waals surface area contributed by atoms with Gasteiger partial charge in [-0.25, -0.2) is 15.0 Å². The molecule has 0 aliphatic rings. The number of imidazole rings is 1. The maximum atomic E-state index is 13.6. The van der Waals surface area contributed by atoms with Crippen LogP contribution in [0.15, 0.2) is 71.9 Å². The Bertz CT molecular complexity index is 1690. The standard InChI is InChI=1S/C33H40N8O5/c1-5-21(2)30(34)33(44)46-20-38-31(35)22-9-12-24(13-10-22)37-19-28-39-25-18-23(11-14-26(25)40(28)3)32(43)41(17-15-29(42)45-4)27-8-6-7-16-36-27/h6-14,16,18,21,30,37H,5,15,17,19-20,34H2,1-4H3,(H2,35,38). The van der Waals surface area contributed by atoms with E-state index in [1.54, 1.807) is 36.5 Å². The molecule has 4 rings (SSSR count). The molecule has 0 fully saturated rings. The summed E-state index contributed by atoms with van der Waals surface area (Å²) in [7, 11) is 3.22. The first-order valence-corrected chi connectivity index (χ1v) is 14.9. The molecule has 0 spiro atoms. The van der Waals surface area contributed by atoms with Gasteiger partial charge in [0.1, 0.15) is 23.5 Å². The molecule has 0 saturated carbocycles. The van der Waals surface area contributed by atoms with Crippen LogP contribution in [-0.2, 0) is 32.7 Å². The van der Waals surface area contributed by atoms with Crippen molar-refractivity contribution in [1.29, 1.82) is 0 Å². The smallest absolute Gasteiger partial charge is 0.324 e. The number of hydrogen-bond acceptors (Lipinski definition) is 10. The predicted molar refractivity (Wildman–Crippen MR) is 176 cm³/mol. The minimum Gasteiger partial charge on any atom is -0.469 e. The van der Waals surface area contributed by atoms with Gasteiger partial charge in [0, 0.05) is 36.6 Å². The Morgan fingerprint density at radius 3 is 2.50 bits per heavy atom. The fourth-order valence-electron chi connectivity index (χ4n) is 4.61. The minimum atomic E-state index is -0.695. The van der Waals surface area contributed by atoms with Gasteiger partial charge in [-0.1, -0.05) is 26.3 Å². The first kappa shape index (κ1) is 33.6. The summed E-state index contributed by atoms with van der Waals surface area (Å²) in [5.74, 6) is 0.227. The zero-order valence-electron chi connectivity index (χ0n) is 26.5. The Balaban J connectivity index is 1.40. The van der Waals surface area contributed by atoms with Gasteiger partial charge >= 0.3 is 11.9 Å². The number of anilines is 2. The number of fused-ring (bicyclic) bond motifs is 1. The van der Waals surface area contributed by atoms with Gasteiger partial charge in [0.25, 0.3) is 5.91 Å². The molecule has 46 heavy (non-hydrogen) atoms. The van der Waals surface area contributed by atoms with E-state index in [1.807, 2.05) is 55.8 Å². The van der Waals surface area contributed by atoms with Crippen molar-refractivity contribution in [2.24, 2.45) is 29.4 Å². The number of nitrogens with two attached hydrogens (primary N) is 2. The highest BCUT2D eigenvalue weighted by Crippen LogP contribution is 2.21. The average Bonchev–Trinajstić information content (AvgIpc) is 3.40. The summed E-state index contributed by atoms with van der Waals surface area (Å²) in [6.45, 7) is 4.19. The van der Waals surface area contributed by atoms with Gasteiger partial charge in [-0.2, -0.15) is 0 Å². The second-order valence-corrected chi connectivity index (χ2v) is 10.7. The number of rotatable bonds is 14. The quantitative estimate of drug-likeness (QED) is 0.106. The lowest BCUT2D eigenvalue weighted by Gasteiger charge is -2.21. The lowest BCUT2D eigenvalue weighted by molar-refractivity contribution is -0.146. The van der Waals surface area contributed by atoms with Crippen molar-refractivity contribution in [3.63, 3.8) is 0 Å². The summed E-state index contributed by atoms with van der Waals surface area (Å²) >= 11 is 0. The maximum absolute atomic E-state index is 13.6. The molecule has 0 aliphatic heterocycles. The van der Waals surface area contributed by atoms with E-state index in [-0.39, 0.29) is 37.4 Å². The number of carbonyl (C=O) groups is 3. The van der Waals surface area contributed by atoms with Crippen LogP contribution in [0.5, 0.6) is 0 Å². The summed E-state index contributed by atoms with van der Waals surface area (Å²) in [5.41, 5.74) is 15.4. The van der Waals surface area contributed by atoms with E-state index in [0.29, 0.717) is 29.0 Å². The predicted octanol–water partition coefficient (Wildman–Crippen LogP) is 3.37. The summed E-state index contributed by atoms with van der Waals surface area (Å²) in [4.78, 5) is 52.1. The Morgan fingerprint density at radius 2 is 1.83 bits per heavy atom. The molecule has 2 aromatic carbocycles. The van der Waals surface area contributed by atoms with E-state index in [9.17, 15) is 14.4 Å². The number of amidine groups is 1. The van der Waals surface area contributed by atoms with Crippen LogP contribution in [0.2, 0.25) is 0 Å². The summed E-state index contributed by atoms with van der Waals surface area (Å²) in [6, 6.07) is 17.2.